The number of nitrogens with zero attached hydrogens (tertiary/aromatic N) is 2. The van der Waals surface area contributed by atoms with Gasteiger partial charge in [-0.25, -0.2) is 0 Å². The molecule has 0 spiro atoms. The normalized spacial score (nSPS) is 11.4. The lowest BCUT2D eigenvalue weighted by molar-refractivity contribution is -0.143. The second kappa shape index (κ2) is 8.16. The molecule has 24 heavy (non-hydrogen) atoms. The number of carbonyl (C=O) groups excluding carboxylic acids is 1. The molecule has 1 atom stereocenters. The predicted octanol–water partition coefficient (Wildman–Crippen LogP) is 4.00. The van der Waals surface area contributed by atoms with Crippen LogP contribution in [-0.4, -0.2) is 25.7 Å². The first kappa shape index (κ1) is 17.6. The van der Waals surface area contributed by atoms with Gasteiger partial charge < -0.3 is 9.64 Å². The van der Waals surface area contributed by atoms with E-state index in [1.807, 2.05) is 69.4 Å². The van der Waals surface area contributed by atoms with Gasteiger partial charge in [-0.15, -0.1) is 0 Å². The molecule has 1 unspecified atom stereocenters. The number of ether oxygens (including phenoxy) is 1. The second-order valence-corrected chi connectivity index (χ2v) is 5.67. The van der Waals surface area contributed by atoms with E-state index in [1.165, 1.54) is 0 Å². The van der Waals surface area contributed by atoms with Crippen molar-refractivity contribution in [3.05, 3.63) is 54.1 Å². The summed E-state index contributed by atoms with van der Waals surface area (Å²) < 4.78 is 5.00. The molecular formula is C20H22N2O2. The van der Waals surface area contributed by atoms with E-state index < -0.39 is 0 Å². The molecule has 0 bridgehead atoms. The fourth-order valence-corrected chi connectivity index (χ4v) is 2.56. The zero-order valence-electron chi connectivity index (χ0n) is 14.3. The summed E-state index contributed by atoms with van der Waals surface area (Å²) in [6.45, 7) is 4.21. The Kier molecular flexibility index (Phi) is 5.97. The van der Waals surface area contributed by atoms with Crippen molar-refractivity contribution < 1.29 is 9.53 Å². The van der Waals surface area contributed by atoms with Crippen LogP contribution in [0.3, 0.4) is 0 Å². The molecule has 0 aliphatic heterocycles. The highest BCUT2D eigenvalue weighted by atomic mass is 16.5. The summed E-state index contributed by atoms with van der Waals surface area (Å²) in [5, 5.41) is 9.22. The van der Waals surface area contributed by atoms with Crippen molar-refractivity contribution in [1.29, 1.82) is 5.26 Å². The lowest BCUT2D eigenvalue weighted by atomic mass is 10.00. The predicted molar refractivity (Wildman–Crippen MR) is 95.7 cm³/mol. The average molecular weight is 322 g/mol. The van der Waals surface area contributed by atoms with Crippen molar-refractivity contribution in [2.24, 2.45) is 0 Å². The zero-order chi connectivity index (χ0) is 17.5. The second-order valence-electron chi connectivity index (χ2n) is 5.67. The largest absolute Gasteiger partial charge is 0.466 e. The molecule has 4 nitrogen and oxygen atoms in total. The molecule has 2 aromatic rings. The smallest absolute Gasteiger partial charge is 0.307 e. The molecule has 0 saturated carbocycles. The number of esters is 1. The van der Waals surface area contributed by atoms with Gasteiger partial charge in [0.1, 0.15) is 0 Å². The van der Waals surface area contributed by atoms with E-state index in [2.05, 4.69) is 11.0 Å². The molecule has 0 radical (unpaired) electrons. The van der Waals surface area contributed by atoms with E-state index in [9.17, 15) is 10.1 Å². The minimum atomic E-state index is -0.184. The van der Waals surface area contributed by atoms with E-state index in [0.29, 0.717) is 18.6 Å². The maximum absolute atomic E-state index is 11.6. The Hall–Kier alpha value is -2.80. The van der Waals surface area contributed by atoms with E-state index in [-0.39, 0.29) is 12.0 Å². The van der Waals surface area contributed by atoms with E-state index in [1.54, 1.807) is 0 Å². The molecule has 0 aromatic heterocycles. The minimum Gasteiger partial charge on any atom is -0.466 e. The van der Waals surface area contributed by atoms with Crippen LogP contribution in [0, 0.1) is 11.3 Å². The Bertz CT molecular complexity index is 732. The molecule has 0 aliphatic rings. The third-order valence-corrected chi connectivity index (χ3v) is 4.06. The molecule has 2 rings (SSSR count). The molecule has 0 heterocycles. The number of nitriles is 1. The van der Waals surface area contributed by atoms with Gasteiger partial charge in [0.05, 0.1) is 24.7 Å². The van der Waals surface area contributed by atoms with Gasteiger partial charge >= 0.3 is 5.97 Å². The molecule has 0 N–H and O–H groups in total. The molecule has 4 heteroatoms. The summed E-state index contributed by atoms with van der Waals surface area (Å²) in [5.74, 6) is -0.184. The summed E-state index contributed by atoms with van der Waals surface area (Å²) >= 11 is 0. The summed E-state index contributed by atoms with van der Waals surface area (Å²) in [5.41, 5.74) is 3.61. The van der Waals surface area contributed by atoms with Crippen LogP contribution in [0.1, 0.15) is 25.8 Å². The van der Waals surface area contributed by atoms with Gasteiger partial charge in [-0.3, -0.25) is 4.79 Å². The standard InChI is InChI=1S/C20H22N2O2/c1-4-24-20(23)13-15(2)22(3)18-11-9-16(10-12-18)19-8-6-5-7-17(19)14-21/h5-12,15H,4,13H2,1-3H3. The number of rotatable bonds is 6. The van der Waals surface area contributed by atoms with Crippen LogP contribution in [0.15, 0.2) is 48.5 Å². The van der Waals surface area contributed by atoms with Crippen molar-refractivity contribution in [2.75, 3.05) is 18.6 Å². The molecule has 2 aromatic carbocycles. The molecular weight excluding hydrogens is 300 g/mol. The summed E-state index contributed by atoms with van der Waals surface area (Å²) in [4.78, 5) is 13.7. The van der Waals surface area contributed by atoms with Crippen molar-refractivity contribution in [3.8, 4) is 17.2 Å². The molecule has 0 aliphatic carbocycles. The van der Waals surface area contributed by atoms with Crippen molar-refractivity contribution in [1.82, 2.24) is 0 Å². The first-order chi connectivity index (χ1) is 11.6. The van der Waals surface area contributed by atoms with Crippen molar-refractivity contribution in [2.45, 2.75) is 26.3 Å². The van der Waals surface area contributed by atoms with Gasteiger partial charge in [-0.2, -0.15) is 5.26 Å². The Morgan fingerprint density at radius 2 is 1.88 bits per heavy atom. The SMILES string of the molecule is CCOC(=O)CC(C)N(C)c1ccc(-c2ccccc2C#N)cc1. The fraction of sp³-hybridized carbons (Fsp3) is 0.300. The third-order valence-electron chi connectivity index (χ3n) is 4.06. The average Bonchev–Trinajstić information content (AvgIpc) is 2.61. The van der Waals surface area contributed by atoms with Crippen LogP contribution in [0.4, 0.5) is 5.69 Å². The van der Waals surface area contributed by atoms with Gasteiger partial charge in [-0.05, 0) is 43.2 Å². The Morgan fingerprint density at radius 1 is 1.21 bits per heavy atom. The van der Waals surface area contributed by atoms with Crippen molar-refractivity contribution >= 4 is 11.7 Å². The van der Waals surface area contributed by atoms with Crippen LogP contribution in [-0.2, 0) is 9.53 Å². The van der Waals surface area contributed by atoms with Crippen LogP contribution >= 0.6 is 0 Å². The lowest BCUT2D eigenvalue weighted by Crippen LogP contribution is -2.31. The van der Waals surface area contributed by atoms with Gasteiger partial charge in [0.15, 0.2) is 0 Å². The summed E-state index contributed by atoms with van der Waals surface area (Å²) in [6.07, 6.45) is 0.351. The first-order valence-corrected chi connectivity index (χ1v) is 8.04. The quantitative estimate of drug-likeness (QED) is 0.754. The van der Waals surface area contributed by atoms with Crippen molar-refractivity contribution in [3.63, 3.8) is 0 Å². The molecule has 124 valence electrons. The first-order valence-electron chi connectivity index (χ1n) is 8.04. The van der Waals surface area contributed by atoms with Crippen LogP contribution < -0.4 is 4.90 Å². The van der Waals surface area contributed by atoms with E-state index >= 15 is 0 Å². The van der Waals surface area contributed by atoms with Gasteiger partial charge in [-0.1, -0.05) is 30.3 Å². The van der Waals surface area contributed by atoms with E-state index in [4.69, 9.17) is 4.74 Å². The maximum atomic E-state index is 11.6. The topological polar surface area (TPSA) is 53.3 Å². The van der Waals surface area contributed by atoms with Crippen LogP contribution in [0.5, 0.6) is 0 Å². The summed E-state index contributed by atoms with van der Waals surface area (Å²) in [6, 6.07) is 17.8. The zero-order valence-corrected chi connectivity index (χ0v) is 14.3. The fourth-order valence-electron chi connectivity index (χ4n) is 2.56. The van der Waals surface area contributed by atoms with Crippen LogP contribution in [0.25, 0.3) is 11.1 Å². The number of hydrogen-bond acceptors (Lipinski definition) is 4. The maximum Gasteiger partial charge on any atom is 0.307 e. The number of anilines is 1. The van der Waals surface area contributed by atoms with Crippen LogP contribution in [0.2, 0.25) is 0 Å². The highest BCUT2D eigenvalue weighted by Gasteiger charge is 2.15. The number of carbonyl (C=O) groups is 1. The lowest BCUT2D eigenvalue weighted by Gasteiger charge is -2.26. The molecule has 0 saturated heterocycles. The molecule has 0 amide bonds. The summed E-state index contributed by atoms with van der Waals surface area (Å²) in [7, 11) is 1.96. The Labute approximate surface area is 143 Å². The van der Waals surface area contributed by atoms with Gasteiger partial charge in [0, 0.05) is 18.8 Å². The van der Waals surface area contributed by atoms with Gasteiger partial charge in [0.25, 0.3) is 0 Å². The Balaban J connectivity index is 2.14. The molecule has 0 fully saturated rings. The number of hydrogen-bond donors (Lipinski definition) is 0. The highest BCUT2D eigenvalue weighted by Crippen LogP contribution is 2.26. The van der Waals surface area contributed by atoms with Gasteiger partial charge in [0.2, 0.25) is 0 Å². The highest BCUT2D eigenvalue weighted by molar-refractivity contribution is 5.73. The van der Waals surface area contributed by atoms with E-state index in [0.717, 1.165) is 16.8 Å². The third kappa shape index (κ3) is 4.14. The Morgan fingerprint density at radius 3 is 2.50 bits per heavy atom. The number of benzene rings is 2. The minimum absolute atomic E-state index is 0.0429. The monoisotopic (exact) mass is 322 g/mol.